The van der Waals surface area contributed by atoms with Crippen LogP contribution in [0.3, 0.4) is 0 Å². The van der Waals surface area contributed by atoms with Gasteiger partial charge in [0.1, 0.15) is 0 Å². The van der Waals surface area contributed by atoms with Gasteiger partial charge < -0.3 is 4.90 Å². The van der Waals surface area contributed by atoms with Crippen molar-refractivity contribution in [1.82, 2.24) is 0 Å². The molecule has 0 saturated carbocycles. The van der Waals surface area contributed by atoms with Crippen molar-refractivity contribution in [1.29, 1.82) is 0 Å². The van der Waals surface area contributed by atoms with E-state index in [1.807, 2.05) is 25.2 Å². The summed E-state index contributed by atoms with van der Waals surface area (Å²) < 4.78 is 0.997. The summed E-state index contributed by atoms with van der Waals surface area (Å²) in [6.07, 6.45) is 1.02. The van der Waals surface area contributed by atoms with E-state index in [1.165, 1.54) is 0 Å². The monoisotopic (exact) mass is 297 g/mol. The van der Waals surface area contributed by atoms with Gasteiger partial charge in [-0.15, -0.1) is 0 Å². The van der Waals surface area contributed by atoms with Crippen LogP contribution in [0.15, 0.2) is 22.7 Å². The molecule has 0 N–H and O–H groups in total. The molecule has 0 saturated heterocycles. The standard InChI is InChI=1S/C14H20BrNO/c1-6-14(3,4)16(5)13-9-11(15)7-8-12(13)10(2)17/h7-9H,6H2,1-5H3. The first-order valence-corrected chi connectivity index (χ1v) is 6.63. The number of Topliss-reactive ketones (excluding diaryl/α,β-unsaturated/α-hetero) is 1. The normalized spacial score (nSPS) is 11.4. The number of carbonyl (C=O) groups excluding carboxylic acids is 1. The van der Waals surface area contributed by atoms with Crippen LogP contribution < -0.4 is 4.90 Å². The predicted molar refractivity (Wildman–Crippen MR) is 76.9 cm³/mol. The number of nitrogens with zero attached hydrogens (tertiary/aromatic N) is 1. The van der Waals surface area contributed by atoms with Gasteiger partial charge in [0.15, 0.2) is 5.78 Å². The van der Waals surface area contributed by atoms with Crippen LogP contribution in [0.1, 0.15) is 44.5 Å². The minimum Gasteiger partial charge on any atom is -0.369 e. The number of hydrogen-bond acceptors (Lipinski definition) is 2. The van der Waals surface area contributed by atoms with Gasteiger partial charge in [0.2, 0.25) is 0 Å². The van der Waals surface area contributed by atoms with E-state index in [1.54, 1.807) is 6.92 Å². The smallest absolute Gasteiger partial charge is 0.161 e. The van der Waals surface area contributed by atoms with Gasteiger partial charge in [-0.25, -0.2) is 0 Å². The van der Waals surface area contributed by atoms with Crippen molar-refractivity contribution >= 4 is 27.4 Å². The number of ketones is 1. The second-order valence-electron chi connectivity index (χ2n) is 4.94. The molecule has 0 bridgehead atoms. The van der Waals surface area contributed by atoms with E-state index in [9.17, 15) is 4.79 Å². The number of rotatable bonds is 4. The van der Waals surface area contributed by atoms with Crippen LogP contribution >= 0.6 is 15.9 Å². The van der Waals surface area contributed by atoms with E-state index in [0.29, 0.717) is 0 Å². The molecule has 0 aliphatic heterocycles. The molecule has 2 nitrogen and oxygen atoms in total. The lowest BCUT2D eigenvalue weighted by molar-refractivity contribution is 0.101. The van der Waals surface area contributed by atoms with E-state index in [0.717, 1.165) is 22.1 Å². The molecule has 0 heterocycles. The predicted octanol–water partition coefficient (Wildman–Crippen LogP) is 4.28. The van der Waals surface area contributed by atoms with Crippen molar-refractivity contribution in [2.75, 3.05) is 11.9 Å². The number of hydrogen-bond donors (Lipinski definition) is 0. The van der Waals surface area contributed by atoms with Gasteiger partial charge in [-0.3, -0.25) is 4.79 Å². The Balaban J connectivity index is 3.29. The van der Waals surface area contributed by atoms with Crippen molar-refractivity contribution < 1.29 is 4.79 Å². The Morgan fingerprint density at radius 1 is 1.41 bits per heavy atom. The first-order valence-electron chi connectivity index (χ1n) is 5.84. The molecule has 0 unspecified atom stereocenters. The highest BCUT2D eigenvalue weighted by molar-refractivity contribution is 9.10. The molecule has 94 valence electrons. The molecule has 0 spiro atoms. The summed E-state index contributed by atoms with van der Waals surface area (Å²) in [4.78, 5) is 13.8. The van der Waals surface area contributed by atoms with Gasteiger partial charge >= 0.3 is 0 Å². The SMILES string of the molecule is CCC(C)(C)N(C)c1cc(Br)ccc1C(C)=O. The van der Waals surface area contributed by atoms with Crippen molar-refractivity contribution in [2.24, 2.45) is 0 Å². The fourth-order valence-electron chi connectivity index (χ4n) is 1.64. The number of halogens is 1. The third kappa shape index (κ3) is 3.09. The first kappa shape index (κ1) is 14.2. The zero-order valence-corrected chi connectivity index (χ0v) is 12.8. The van der Waals surface area contributed by atoms with E-state index >= 15 is 0 Å². The molecule has 3 heteroatoms. The van der Waals surface area contributed by atoms with Crippen molar-refractivity contribution in [3.63, 3.8) is 0 Å². The lowest BCUT2D eigenvalue weighted by Crippen LogP contribution is -2.41. The largest absolute Gasteiger partial charge is 0.369 e. The number of benzene rings is 1. The Morgan fingerprint density at radius 2 is 2.00 bits per heavy atom. The number of anilines is 1. The van der Waals surface area contributed by atoms with E-state index in [2.05, 4.69) is 41.6 Å². The minimum atomic E-state index is 0.0327. The van der Waals surface area contributed by atoms with Crippen LogP contribution in [0.25, 0.3) is 0 Å². The second-order valence-corrected chi connectivity index (χ2v) is 5.86. The molecule has 0 fully saturated rings. The Hall–Kier alpha value is -0.830. The molecule has 1 aromatic rings. The Bertz CT molecular complexity index is 426. The minimum absolute atomic E-state index is 0.0327. The summed E-state index contributed by atoms with van der Waals surface area (Å²) in [6, 6.07) is 5.80. The molecule has 0 atom stereocenters. The van der Waals surface area contributed by atoms with Crippen molar-refractivity contribution in [3.05, 3.63) is 28.2 Å². The molecule has 0 radical (unpaired) electrons. The highest BCUT2D eigenvalue weighted by atomic mass is 79.9. The van der Waals surface area contributed by atoms with Crippen LogP contribution in [0.4, 0.5) is 5.69 Å². The van der Waals surface area contributed by atoms with Crippen molar-refractivity contribution in [2.45, 2.75) is 39.7 Å². The molecule has 1 rings (SSSR count). The fourth-order valence-corrected chi connectivity index (χ4v) is 1.99. The van der Waals surface area contributed by atoms with Crippen LogP contribution in [0.2, 0.25) is 0 Å². The summed E-state index contributed by atoms with van der Waals surface area (Å²) in [6.45, 7) is 8.12. The van der Waals surface area contributed by atoms with Crippen LogP contribution in [0.5, 0.6) is 0 Å². The summed E-state index contributed by atoms with van der Waals surface area (Å²) in [5.74, 6) is 0.103. The first-order chi connectivity index (χ1) is 7.79. The van der Waals surface area contributed by atoms with Gasteiger partial charge in [0.05, 0.1) is 0 Å². The maximum Gasteiger partial charge on any atom is 0.161 e. The molecule has 0 aliphatic carbocycles. The van der Waals surface area contributed by atoms with E-state index < -0.39 is 0 Å². The number of carbonyl (C=O) groups is 1. The highest BCUT2D eigenvalue weighted by Crippen LogP contribution is 2.30. The Morgan fingerprint density at radius 3 is 2.47 bits per heavy atom. The zero-order valence-electron chi connectivity index (χ0n) is 11.2. The van der Waals surface area contributed by atoms with Crippen LogP contribution in [-0.4, -0.2) is 18.4 Å². The summed E-state index contributed by atoms with van der Waals surface area (Å²) in [5, 5.41) is 0. The Kier molecular flexibility index (Phi) is 4.36. The zero-order chi connectivity index (χ0) is 13.2. The van der Waals surface area contributed by atoms with Crippen LogP contribution in [-0.2, 0) is 0 Å². The van der Waals surface area contributed by atoms with Gasteiger partial charge in [-0.2, -0.15) is 0 Å². The van der Waals surface area contributed by atoms with Crippen LogP contribution in [0, 0.1) is 0 Å². The molecular formula is C14H20BrNO. The van der Waals surface area contributed by atoms with Crippen molar-refractivity contribution in [3.8, 4) is 0 Å². The maximum atomic E-state index is 11.7. The average Bonchev–Trinajstić information content (AvgIpc) is 2.27. The fraction of sp³-hybridized carbons (Fsp3) is 0.500. The molecular weight excluding hydrogens is 278 g/mol. The lowest BCUT2D eigenvalue weighted by Gasteiger charge is -2.37. The summed E-state index contributed by atoms with van der Waals surface area (Å²) in [7, 11) is 2.04. The third-order valence-electron chi connectivity index (χ3n) is 3.47. The van der Waals surface area contributed by atoms with Gasteiger partial charge in [-0.05, 0) is 45.4 Å². The Labute approximate surface area is 112 Å². The van der Waals surface area contributed by atoms with Gasteiger partial charge in [0.25, 0.3) is 0 Å². The van der Waals surface area contributed by atoms with E-state index in [-0.39, 0.29) is 11.3 Å². The quantitative estimate of drug-likeness (QED) is 0.773. The molecule has 1 aromatic carbocycles. The maximum absolute atomic E-state index is 11.7. The molecule has 0 aromatic heterocycles. The topological polar surface area (TPSA) is 20.3 Å². The van der Waals surface area contributed by atoms with E-state index in [4.69, 9.17) is 0 Å². The van der Waals surface area contributed by atoms with Gasteiger partial charge in [-0.1, -0.05) is 22.9 Å². The highest BCUT2D eigenvalue weighted by Gasteiger charge is 2.24. The third-order valence-corrected chi connectivity index (χ3v) is 3.97. The van der Waals surface area contributed by atoms with Gasteiger partial charge in [0, 0.05) is 28.3 Å². The molecule has 17 heavy (non-hydrogen) atoms. The lowest BCUT2D eigenvalue weighted by atomic mass is 9.97. The molecule has 0 aliphatic rings. The average molecular weight is 298 g/mol. The summed E-state index contributed by atoms with van der Waals surface area (Å²) >= 11 is 3.46. The summed E-state index contributed by atoms with van der Waals surface area (Å²) in [5.41, 5.74) is 1.79. The second kappa shape index (κ2) is 5.21. The molecule has 0 amide bonds.